The number of allylic oxidation sites excluding steroid dienone is 3. The lowest BCUT2D eigenvalue weighted by molar-refractivity contribution is -0.0504. The van der Waals surface area contributed by atoms with Gasteiger partial charge in [0, 0.05) is 6.61 Å². The lowest BCUT2D eigenvalue weighted by Crippen LogP contribution is -2.34. The van der Waals surface area contributed by atoms with Crippen LogP contribution in [-0.4, -0.2) is 35.1 Å². The van der Waals surface area contributed by atoms with Crippen molar-refractivity contribution in [2.24, 2.45) is 11.8 Å². The van der Waals surface area contributed by atoms with Crippen LogP contribution in [0.15, 0.2) is 48.6 Å². The summed E-state index contributed by atoms with van der Waals surface area (Å²) in [4.78, 5) is 0. The monoisotopic (exact) mass is 398 g/mol. The normalized spacial score (nSPS) is 27.8. The molecule has 3 nitrogen and oxygen atoms in total. The Labute approximate surface area is 176 Å². The van der Waals surface area contributed by atoms with Crippen molar-refractivity contribution in [3.05, 3.63) is 59.7 Å². The van der Waals surface area contributed by atoms with Gasteiger partial charge in [-0.05, 0) is 82.1 Å². The van der Waals surface area contributed by atoms with E-state index in [9.17, 15) is 5.11 Å². The van der Waals surface area contributed by atoms with E-state index in [2.05, 4.69) is 49.4 Å². The van der Waals surface area contributed by atoms with Crippen molar-refractivity contribution >= 4 is 0 Å². The molecule has 2 aliphatic heterocycles. The molecule has 0 aromatic heterocycles. The lowest BCUT2D eigenvalue weighted by atomic mass is 9.81. The Morgan fingerprint density at radius 1 is 1.14 bits per heavy atom. The van der Waals surface area contributed by atoms with Crippen LogP contribution >= 0.6 is 0 Å². The fourth-order valence-electron chi connectivity index (χ4n) is 4.71. The van der Waals surface area contributed by atoms with E-state index < -0.39 is 0 Å². The van der Waals surface area contributed by atoms with E-state index in [0.717, 1.165) is 44.9 Å². The second-order valence-corrected chi connectivity index (χ2v) is 8.84. The standard InChI is InChI=1S/C26H38O3/c1-20-8-10-21(11-9-20)12-14-23(28)15-13-22-19-24-16-17-26(29-24)25(22)7-5-3-2-4-6-18-27/h3,5,8-11,13,15,22-28H,2,4,6-7,12,14,16-19H2,1H3/b5-3-,15-13+/t22?,23-,24+,25+,26+/m0/s1. The Balaban J connectivity index is 1.49. The van der Waals surface area contributed by atoms with Crippen molar-refractivity contribution in [3.8, 4) is 0 Å². The highest BCUT2D eigenvalue weighted by atomic mass is 16.5. The average molecular weight is 399 g/mol. The van der Waals surface area contributed by atoms with Crippen molar-refractivity contribution in [3.63, 3.8) is 0 Å². The molecular weight excluding hydrogens is 360 g/mol. The van der Waals surface area contributed by atoms with E-state index in [0.29, 0.717) is 24.0 Å². The molecule has 1 aromatic carbocycles. The molecule has 5 atom stereocenters. The highest BCUT2D eigenvalue weighted by Crippen LogP contribution is 2.42. The Hall–Kier alpha value is -1.42. The molecule has 160 valence electrons. The third-order valence-corrected chi connectivity index (χ3v) is 6.49. The lowest BCUT2D eigenvalue weighted by Gasteiger charge is -2.35. The van der Waals surface area contributed by atoms with E-state index in [1.54, 1.807) is 0 Å². The van der Waals surface area contributed by atoms with Gasteiger partial charge in [-0.25, -0.2) is 0 Å². The molecule has 2 fully saturated rings. The molecule has 0 spiro atoms. The summed E-state index contributed by atoms with van der Waals surface area (Å²) in [5.74, 6) is 1.01. The summed E-state index contributed by atoms with van der Waals surface area (Å²) in [5, 5.41) is 19.4. The molecule has 0 aliphatic carbocycles. The summed E-state index contributed by atoms with van der Waals surface area (Å²) in [6.07, 6.45) is 18.4. The van der Waals surface area contributed by atoms with Crippen LogP contribution in [0.4, 0.5) is 0 Å². The second-order valence-electron chi connectivity index (χ2n) is 8.84. The summed E-state index contributed by atoms with van der Waals surface area (Å²) < 4.78 is 6.19. The first-order chi connectivity index (χ1) is 14.2. The van der Waals surface area contributed by atoms with Gasteiger partial charge < -0.3 is 14.9 Å². The van der Waals surface area contributed by atoms with Crippen LogP contribution in [0.25, 0.3) is 0 Å². The number of hydrogen-bond donors (Lipinski definition) is 2. The molecule has 3 heteroatoms. The minimum atomic E-state index is -0.383. The topological polar surface area (TPSA) is 49.7 Å². The molecule has 2 bridgehead atoms. The molecule has 1 aromatic rings. The SMILES string of the molecule is Cc1ccc(CC[C@H](O)/C=C/C2C[C@H]3CC[C@@H](O3)[C@@H]2C/C=C\CCCCO)cc1. The van der Waals surface area contributed by atoms with Crippen LogP contribution in [-0.2, 0) is 11.2 Å². The average Bonchev–Trinajstić information content (AvgIpc) is 3.12. The number of rotatable bonds is 11. The number of benzene rings is 1. The molecule has 2 aliphatic rings. The summed E-state index contributed by atoms with van der Waals surface area (Å²) in [6, 6.07) is 8.59. The maximum absolute atomic E-state index is 10.5. The number of fused-ring (bicyclic) bond motifs is 2. The number of aliphatic hydroxyl groups is 2. The zero-order chi connectivity index (χ0) is 20.5. The van der Waals surface area contributed by atoms with E-state index in [4.69, 9.17) is 9.84 Å². The molecule has 29 heavy (non-hydrogen) atoms. The van der Waals surface area contributed by atoms with Gasteiger partial charge in [-0.1, -0.05) is 54.1 Å². The van der Waals surface area contributed by atoms with Gasteiger partial charge in [-0.2, -0.15) is 0 Å². The van der Waals surface area contributed by atoms with Crippen LogP contribution in [0.5, 0.6) is 0 Å². The molecule has 2 heterocycles. The first kappa shape index (κ1) is 22.3. The molecule has 0 radical (unpaired) electrons. The van der Waals surface area contributed by atoms with Gasteiger partial charge in [-0.3, -0.25) is 0 Å². The molecule has 2 N–H and O–H groups in total. The predicted octanol–water partition coefficient (Wildman–Crippen LogP) is 5.14. The van der Waals surface area contributed by atoms with Gasteiger partial charge in [0.05, 0.1) is 18.3 Å². The van der Waals surface area contributed by atoms with E-state index in [1.165, 1.54) is 24.0 Å². The molecule has 0 amide bonds. The summed E-state index contributed by atoms with van der Waals surface area (Å²) in [5.41, 5.74) is 2.56. The first-order valence-electron chi connectivity index (χ1n) is 11.5. The minimum Gasteiger partial charge on any atom is -0.396 e. The summed E-state index contributed by atoms with van der Waals surface area (Å²) in [6.45, 7) is 2.38. The second kappa shape index (κ2) is 11.7. The highest BCUT2D eigenvalue weighted by Gasteiger charge is 2.41. The van der Waals surface area contributed by atoms with E-state index in [-0.39, 0.29) is 12.7 Å². The Morgan fingerprint density at radius 2 is 1.97 bits per heavy atom. The third kappa shape index (κ3) is 7.09. The maximum atomic E-state index is 10.5. The van der Waals surface area contributed by atoms with E-state index >= 15 is 0 Å². The largest absolute Gasteiger partial charge is 0.396 e. The number of unbranched alkanes of at least 4 members (excludes halogenated alkanes) is 2. The zero-order valence-electron chi connectivity index (χ0n) is 17.9. The molecule has 2 saturated heterocycles. The molecule has 0 saturated carbocycles. The summed E-state index contributed by atoms with van der Waals surface area (Å²) in [7, 11) is 0. The Bertz CT molecular complexity index is 648. The van der Waals surface area contributed by atoms with Crippen molar-refractivity contribution in [1.82, 2.24) is 0 Å². The van der Waals surface area contributed by atoms with E-state index in [1.807, 2.05) is 6.08 Å². The van der Waals surface area contributed by atoms with Crippen LogP contribution < -0.4 is 0 Å². The van der Waals surface area contributed by atoms with Gasteiger partial charge in [0.15, 0.2) is 0 Å². The van der Waals surface area contributed by atoms with Crippen LogP contribution in [0.2, 0.25) is 0 Å². The molecule has 3 rings (SSSR count). The number of aliphatic hydroxyl groups excluding tert-OH is 2. The van der Waals surface area contributed by atoms with Gasteiger partial charge in [0.25, 0.3) is 0 Å². The quantitative estimate of drug-likeness (QED) is 0.401. The fourth-order valence-corrected chi connectivity index (χ4v) is 4.71. The number of ether oxygens (including phenoxy) is 1. The van der Waals surface area contributed by atoms with Gasteiger partial charge in [-0.15, -0.1) is 0 Å². The maximum Gasteiger partial charge on any atom is 0.0724 e. The van der Waals surface area contributed by atoms with Crippen LogP contribution in [0.3, 0.4) is 0 Å². The minimum absolute atomic E-state index is 0.285. The van der Waals surface area contributed by atoms with Gasteiger partial charge >= 0.3 is 0 Å². The molecular formula is C26H38O3. The van der Waals surface area contributed by atoms with Crippen LogP contribution in [0.1, 0.15) is 62.5 Å². The van der Waals surface area contributed by atoms with Gasteiger partial charge in [0.2, 0.25) is 0 Å². The first-order valence-corrected chi connectivity index (χ1v) is 11.5. The van der Waals surface area contributed by atoms with Crippen LogP contribution in [0, 0.1) is 18.8 Å². The zero-order valence-corrected chi connectivity index (χ0v) is 17.9. The summed E-state index contributed by atoms with van der Waals surface area (Å²) >= 11 is 0. The highest BCUT2D eigenvalue weighted by molar-refractivity contribution is 5.21. The Morgan fingerprint density at radius 3 is 2.76 bits per heavy atom. The van der Waals surface area contributed by atoms with Crippen molar-refractivity contribution in [2.75, 3.05) is 6.61 Å². The molecule has 1 unspecified atom stereocenters. The van der Waals surface area contributed by atoms with Gasteiger partial charge in [0.1, 0.15) is 0 Å². The predicted molar refractivity (Wildman–Crippen MR) is 119 cm³/mol. The van der Waals surface area contributed by atoms with Crippen molar-refractivity contribution in [2.45, 2.75) is 83.0 Å². The number of hydrogen-bond acceptors (Lipinski definition) is 3. The Kier molecular flexibility index (Phi) is 8.97. The van der Waals surface area contributed by atoms with Crippen molar-refractivity contribution < 1.29 is 14.9 Å². The fraction of sp³-hybridized carbons (Fsp3) is 0.615. The smallest absolute Gasteiger partial charge is 0.0724 e. The van der Waals surface area contributed by atoms with Crippen molar-refractivity contribution in [1.29, 1.82) is 0 Å². The third-order valence-electron chi connectivity index (χ3n) is 6.49. The number of aryl methyl sites for hydroxylation is 2.